The van der Waals surface area contributed by atoms with Crippen molar-refractivity contribution in [3.05, 3.63) is 24.3 Å². The van der Waals surface area contributed by atoms with Crippen molar-refractivity contribution in [3.63, 3.8) is 0 Å². The second-order valence-electron chi connectivity index (χ2n) is 3.29. The smallest absolute Gasteiger partial charge is 0.159 e. The monoisotopic (exact) mass is 134 g/mol. The standard InChI is InChI=1S/C9H10O/c1-9-5-2-3-7(9)8(10)4-6-9/h2,4-7H,3H2,1H3/t7-,9+/m0/s1. The molecule has 0 fully saturated rings. The molecule has 2 rings (SSSR count). The lowest BCUT2D eigenvalue weighted by Gasteiger charge is -2.18. The van der Waals surface area contributed by atoms with E-state index >= 15 is 0 Å². The predicted molar refractivity (Wildman–Crippen MR) is 39.5 cm³/mol. The minimum absolute atomic E-state index is 0.0666. The topological polar surface area (TPSA) is 17.1 Å². The van der Waals surface area contributed by atoms with Gasteiger partial charge in [-0.3, -0.25) is 4.79 Å². The fraction of sp³-hybridized carbons (Fsp3) is 0.444. The SMILES string of the molecule is C[C@]12C=CC[C@H]1C(=O)C=C2. The largest absolute Gasteiger partial charge is 0.294 e. The van der Waals surface area contributed by atoms with Gasteiger partial charge in [0.2, 0.25) is 0 Å². The number of carbonyl (C=O) groups is 1. The van der Waals surface area contributed by atoms with Crippen LogP contribution in [0.5, 0.6) is 0 Å². The summed E-state index contributed by atoms with van der Waals surface area (Å²) in [5.74, 6) is 0.528. The maximum Gasteiger partial charge on any atom is 0.159 e. The van der Waals surface area contributed by atoms with Gasteiger partial charge in [0.1, 0.15) is 0 Å². The summed E-state index contributed by atoms with van der Waals surface area (Å²) in [6.07, 6.45) is 8.91. The summed E-state index contributed by atoms with van der Waals surface area (Å²) in [7, 11) is 0. The molecule has 0 aromatic carbocycles. The Balaban J connectivity index is 2.42. The Hall–Kier alpha value is -0.850. The summed E-state index contributed by atoms with van der Waals surface area (Å²) in [5.41, 5.74) is 0.0666. The molecule has 0 aromatic rings. The van der Waals surface area contributed by atoms with E-state index in [1.165, 1.54) is 0 Å². The zero-order valence-electron chi connectivity index (χ0n) is 6.00. The van der Waals surface area contributed by atoms with Gasteiger partial charge >= 0.3 is 0 Å². The Bertz CT molecular complexity index is 237. The van der Waals surface area contributed by atoms with Crippen LogP contribution < -0.4 is 0 Å². The van der Waals surface area contributed by atoms with Crippen LogP contribution in [-0.2, 0) is 4.79 Å². The number of ketones is 1. The molecular weight excluding hydrogens is 124 g/mol. The summed E-state index contributed by atoms with van der Waals surface area (Å²) in [6.45, 7) is 2.11. The van der Waals surface area contributed by atoms with Crippen molar-refractivity contribution in [2.45, 2.75) is 13.3 Å². The maximum atomic E-state index is 11.1. The number of hydrogen-bond acceptors (Lipinski definition) is 1. The molecule has 1 heteroatoms. The van der Waals surface area contributed by atoms with E-state index in [-0.39, 0.29) is 11.3 Å². The highest BCUT2D eigenvalue weighted by Gasteiger charge is 2.40. The minimum atomic E-state index is 0.0666. The number of carbonyl (C=O) groups excluding carboxylic acids is 1. The Morgan fingerprint density at radius 3 is 3.10 bits per heavy atom. The first-order chi connectivity index (χ1) is 4.72. The first-order valence-electron chi connectivity index (χ1n) is 3.63. The van der Waals surface area contributed by atoms with Crippen LogP contribution in [0.15, 0.2) is 24.3 Å². The molecule has 2 aliphatic carbocycles. The summed E-state index contributed by atoms with van der Waals surface area (Å²) < 4.78 is 0. The average Bonchev–Trinajstić information content (AvgIpc) is 2.35. The van der Waals surface area contributed by atoms with Crippen LogP contribution in [0.3, 0.4) is 0 Å². The van der Waals surface area contributed by atoms with E-state index in [1.54, 1.807) is 6.08 Å². The van der Waals surface area contributed by atoms with Crippen LogP contribution in [-0.4, -0.2) is 5.78 Å². The van der Waals surface area contributed by atoms with Crippen LogP contribution in [0.1, 0.15) is 13.3 Å². The Morgan fingerprint density at radius 2 is 2.40 bits per heavy atom. The quantitative estimate of drug-likeness (QED) is 0.461. The first-order valence-corrected chi connectivity index (χ1v) is 3.63. The van der Waals surface area contributed by atoms with Crippen LogP contribution in [0.25, 0.3) is 0 Å². The van der Waals surface area contributed by atoms with Crippen molar-refractivity contribution in [1.82, 2.24) is 0 Å². The molecule has 0 saturated heterocycles. The molecule has 0 heterocycles. The predicted octanol–water partition coefficient (Wildman–Crippen LogP) is 1.71. The molecule has 0 bridgehead atoms. The summed E-state index contributed by atoms with van der Waals surface area (Å²) in [5, 5.41) is 0. The fourth-order valence-electron chi connectivity index (χ4n) is 1.80. The molecule has 0 spiro atoms. The molecule has 0 saturated carbocycles. The Morgan fingerprint density at radius 1 is 1.60 bits per heavy atom. The van der Waals surface area contributed by atoms with E-state index in [0.29, 0.717) is 5.78 Å². The van der Waals surface area contributed by atoms with Crippen molar-refractivity contribution in [1.29, 1.82) is 0 Å². The second kappa shape index (κ2) is 1.60. The second-order valence-corrected chi connectivity index (χ2v) is 3.29. The van der Waals surface area contributed by atoms with E-state index in [2.05, 4.69) is 19.1 Å². The molecule has 0 amide bonds. The van der Waals surface area contributed by atoms with Gasteiger partial charge in [0.15, 0.2) is 5.78 Å². The van der Waals surface area contributed by atoms with Gasteiger partial charge in [-0.1, -0.05) is 25.2 Å². The van der Waals surface area contributed by atoms with Crippen LogP contribution in [0.2, 0.25) is 0 Å². The van der Waals surface area contributed by atoms with Gasteiger partial charge in [0.05, 0.1) is 0 Å². The molecular formula is C9H10O. The Labute approximate surface area is 60.4 Å². The third-order valence-corrected chi connectivity index (χ3v) is 2.55. The zero-order valence-corrected chi connectivity index (χ0v) is 6.00. The average molecular weight is 134 g/mol. The number of rotatable bonds is 0. The van der Waals surface area contributed by atoms with Gasteiger partial charge in [0.25, 0.3) is 0 Å². The highest BCUT2D eigenvalue weighted by atomic mass is 16.1. The van der Waals surface area contributed by atoms with Crippen molar-refractivity contribution < 1.29 is 4.79 Å². The number of fused-ring (bicyclic) bond motifs is 1. The zero-order chi connectivity index (χ0) is 7.19. The lowest BCUT2D eigenvalue weighted by molar-refractivity contribution is -0.118. The molecule has 2 aliphatic rings. The summed E-state index contributed by atoms with van der Waals surface area (Å²) in [4.78, 5) is 11.1. The molecule has 0 unspecified atom stereocenters. The number of allylic oxidation sites excluding steroid dienone is 4. The molecule has 1 nitrogen and oxygen atoms in total. The number of hydrogen-bond donors (Lipinski definition) is 0. The lowest BCUT2D eigenvalue weighted by Crippen LogP contribution is -2.19. The normalized spacial score (nSPS) is 42.9. The van der Waals surface area contributed by atoms with Gasteiger partial charge in [-0.05, 0) is 12.5 Å². The molecule has 0 aliphatic heterocycles. The minimum Gasteiger partial charge on any atom is -0.294 e. The molecule has 0 N–H and O–H groups in total. The van der Waals surface area contributed by atoms with E-state index in [4.69, 9.17) is 0 Å². The molecule has 0 aromatic heterocycles. The third kappa shape index (κ3) is 0.551. The molecule has 52 valence electrons. The lowest BCUT2D eigenvalue weighted by atomic mass is 9.83. The molecule has 2 atom stereocenters. The highest BCUT2D eigenvalue weighted by molar-refractivity contribution is 5.96. The van der Waals surface area contributed by atoms with Crippen molar-refractivity contribution in [2.24, 2.45) is 11.3 Å². The highest BCUT2D eigenvalue weighted by Crippen LogP contribution is 2.43. The fourth-order valence-corrected chi connectivity index (χ4v) is 1.80. The van der Waals surface area contributed by atoms with Crippen molar-refractivity contribution in [2.75, 3.05) is 0 Å². The first kappa shape index (κ1) is 5.90. The van der Waals surface area contributed by atoms with E-state index in [1.807, 2.05) is 6.08 Å². The van der Waals surface area contributed by atoms with Crippen molar-refractivity contribution >= 4 is 5.78 Å². The summed E-state index contributed by atoms with van der Waals surface area (Å²) >= 11 is 0. The van der Waals surface area contributed by atoms with Gasteiger partial charge in [-0.25, -0.2) is 0 Å². The molecule has 10 heavy (non-hydrogen) atoms. The van der Waals surface area contributed by atoms with Crippen LogP contribution in [0, 0.1) is 11.3 Å². The maximum absolute atomic E-state index is 11.1. The van der Waals surface area contributed by atoms with Gasteiger partial charge in [0, 0.05) is 11.3 Å². The Kier molecular flexibility index (Phi) is 0.942. The van der Waals surface area contributed by atoms with E-state index in [0.717, 1.165) is 6.42 Å². The van der Waals surface area contributed by atoms with Gasteiger partial charge < -0.3 is 0 Å². The van der Waals surface area contributed by atoms with E-state index in [9.17, 15) is 4.79 Å². The van der Waals surface area contributed by atoms with Crippen molar-refractivity contribution in [3.8, 4) is 0 Å². The molecule has 0 radical (unpaired) electrons. The van der Waals surface area contributed by atoms with E-state index < -0.39 is 0 Å². The summed E-state index contributed by atoms with van der Waals surface area (Å²) in [6, 6.07) is 0. The third-order valence-electron chi connectivity index (χ3n) is 2.55. The van der Waals surface area contributed by atoms with Gasteiger partial charge in [-0.15, -0.1) is 0 Å². The van der Waals surface area contributed by atoms with Crippen LogP contribution in [0.4, 0.5) is 0 Å². The van der Waals surface area contributed by atoms with Gasteiger partial charge in [-0.2, -0.15) is 0 Å². The van der Waals surface area contributed by atoms with Crippen LogP contribution >= 0.6 is 0 Å².